The molecule has 0 spiro atoms. The van der Waals surface area contributed by atoms with Crippen LogP contribution in [-0.2, 0) is 13.7 Å². The Kier molecular flexibility index (Phi) is 3.97. The van der Waals surface area contributed by atoms with Gasteiger partial charge in [0.1, 0.15) is 6.61 Å². The quantitative estimate of drug-likeness (QED) is 0.665. The molecule has 0 aliphatic heterocycles. The van der Waals surface area contributed by atoms with Crippen LogP contribution in [0.4, 0.5) is 5.69 Å². The number of hydrogen-bond donors (Lipinski definition) is 1. The van der Waals surface area contributed by atoms with Crippen molar-refractivity contribution in [2.75, 3.05) is 0 Å². The second-order valence-electron chi connectivity index (χ2n) is 3.77. The van der Waals surface area contributed by atoms with E-state index < -0.39 is 4.92 Å². The summed E-state index contributed by atoms with van der Waals surface area (Å²) in [7, 11) is 1.66. The molecule has 1 N–H and O–H groups in total. The van der Waals surface area contributed by atoms with E-state index in [2.05, 4.69) is 10.2 Å². The van der Waals surface area contributed by atoms with E-state index in [9.17, 15) is 10.1 Å². The molecule has 1 heterocycles. The second kappa shape index (κ2) is 5.68. The number of aromatic nitrogens is 3. The topological polar surface area (TPSA) is 118 Å². The Bertz CT molecular complexity index is 707. The highest BCUT2D eigenvalue weighted by atomic mass is 32.2. The van der Waals surface area contributed by atoms with E-state index in [1.54, 1.807) is 11.6 Å². The summed E-state index contributed by atoms with van der Waals surface area (Å²) in [4.78, 5) is 10.8. The Balaban J connectivity index is 2.40. The number of nitro benzene ring substituents is 1. The van der Waals surface area contributed by atoms with Crippen LogP contribution >= 0.6 is 11.8 Å². The lowest BCUT2D eigenvalue weighted by molar-refractivity contribution is -0.387. The van der Waals surface area contributed by atoms with Crippen LogP contribution in [0.15, 0.2) is 28.3 Å². The first-order chi connectivity index (χ1) is 9.56. The Morgan fingerprint density at radius 2 is 2.30 bits per heavy atom. The standard InChI is InChI=1S/C11H9N5O3S/c1-15-10(6-17)13-14-11(15)20-9-3-2-7(5-12)4-8(9)16(18)19/h2-4,17H,6H2,1H3. The van der Waals surface area contributed by atoms with Crippen molar-refractivity contribution < 1.29 is 10.0 Å². The van der Waals surface area contributed by atoms with Gasteiger partial charge in [0, 0.05) is 13.1 Å². The average molecular weight is 291 g/mol. The zero-order valence-electron chi connectivity index (χ0n) is 10.3. The molecule has 20 heavy (non-hydrogen) atoms. The van der Waals surface area contributed by atoms with Crippen LogP contribution in [0, 0.1) is 21.4 Å². The van der Waals surface area contributed by atoms with Crippen LogP contribution in [0.5, 0.6) is 0 Å². The minimum absolute atomic E-state index is 0.164. The van der Waals surface area contributed by atoms with Crippen molar-refractivity contribution in [1.29, 1.82) is 5.26 Å². The summed E-state index contributed by atoms with van der Waals surface area (Å²) in [6, 6.07) is 6.07. The Hall–Kier alpha value is -2.44. The minimum atomic E-state index is -0.549. The van der Waals surface area contributed by atoms with Gasteiger partial charge >= 0.3 is 0 Å². The molecule has 8 nitrogen and oxygen atoms in total. The number of aliphatic hydroxyl groups is 1. The molecule has 102 valence electrons. The van der Waals surface area contributed by atoms with Crippen LogP contribution in [0.2, 0.25) is 0 Å². The van der Waals surface area contributed by atoms with Crippen molar-refractivity contribution in [3.8, 4) is 6.07 Å². The molecule has 0 unspecified atom stereocenters. The first-order valence-corrected chi connectivity index (χ1v) is 6.24. The molecule has 1 aromatic heterocycles. The summed E-state index contributed by atoms with van der Waals surface area (Å²) >= 11 is 1.05. The molecule has 0 saturated heterocycles. The average Bonchev–Trinajstić information content (AvgIpc) is 2.79. The van der Waals surface area contributed by atoms with Crippen LogP contribution < -0.4 is 0 Å². The third-order valence-electron chi connectivity index (χ3n) is 2.55. The van der Waals surface area contributed by atoms with E-state index in [0.29, 0.717) is 15.9 Å². The molecule has 9 heteroatoms. The number of benzene rings is 1. The molecule has 0 saturated carbocycles. The lowest BCUT2D eigenvalue weighted by atomic mass is 10.2. The normalized spacial score (nSPS) is 10.2. The molecule has 0 atom stereocenters. The lowest BCUT2D eigenvalue weighted by Gasteiger charge is -2.03. The molecule has 2 rings (SSSR count). The van der Waals surface area contributed by atoms with Crippen LogP contribution in [-0.4, -0.2) is 24.8 Å². The van der Waals surface area contributed by atoms with Gasteiger partial charge in [-0.3, -0.25) is 10.1 Å². The SMILES string of the molecule is Cn1c(CO)nnc1Sc1ccc(C#N)cc1[N+](=O)[O-]. The van der Waals surface area contributed by atoms with Crippen molar-refractivity contribution in [3.05, 3.63) is 39.7 Å². The molecule has 0 radical (unpaired) electrons. The van der Waals surface area contributed by atoms with E-state index in [1.807, 2.05) is 6.07 Å². The fourth-order valence-electron chi connectivity index (χ4n) is 1.49. The molecular formula is C11H9N5O3S. The van der Waals surface area contributed by atoms with E-state index in [4.69, 9.17) is 10.4 Å². The summed E-state index contributed by atoms with van der Waals surface area (Å²) in [5, 5.41) is 36.9. The summed E-state index contributed by atoms with van der Waals surface area (Å²) in [5.41, 5.74) is 0.0534. The van der Waals surface area contributed by atoms with Gasteiger partial charge in [0.05, 0.1) is 21.5 Å². The maximum absolute atomic E-state index is 11.0. The number of nitrogens with zero attached hydrogens (tertiary/aromatic N) is 5. The molecule has 0 amide bonds. The lowest BCUT2D eigenvalue weighted by Crippen LogP contribution is -1.99. The maximum atomic E-state index is 11.0. The van der Waals surface area contributed by atoms with Gasteiger partial charge in [0.15, 0.2) is 11.0 Å². The van der Waals surface area contributed by atoms with Gasteiger partial charge in [-0.15, -0.1) is 10.2 Å². The van der Waals surface area contributed by atoms with Crippen LogP contribution in [0.3, 0.4) is 0 Å². The molecule has 0 aliphatic rings. The maximum Gasteiger partial charge on any atom is 0.284 e. The van der Waals surface area contributed by atoms with Crippen molar-refractivity contribution in [2.24, 2.45) is 7.05 Å². The van der Waals surface area contributed by atoms with Gasteiger partial charge in [0.2, 0.25) is 0 Å². The summed E-state index contributed by atoms with van der Waals surface area (Å²) in [5.74, 6) is 0.365. The molecule has 2 aromatic rings. The minimum Gasteiger partial charge on any atom is -0.388 e. The smallest absolute Gasteiger partial charge is 0.284 e. The van der Waals surface area contributed by atoms with E-state index >= 15 is 0 Å². The molecular weight excluding hydrogens is 282 g/mol. The highest BCUT2D eigenvalue weighted by molar-refractivity contribution is 7.99. The van der Waals surface area contributed by atoms with Gasteiger partial charge in [-0.25, -0.2) is 0 Å². The Morgan fingerprint density at radius 3 is 2.85 bits per heavy atom. The van der Waals surface area contributed by atoms with Crippen molar-refractivity contribution >= 4 is 17.4 Å². The summed E-state index contributed by atoms with van der Waals surface area (Å²) in [6.45, 7) is -0.264. The van der Waals surface area contributed by atoms with Crippen molar-refractivity contribution in [1.82, 2.24) is 14.8 Å². The van der Waals surface area contributed by atoms with Gasteiger partial charge in [-0.1, -0.05) is 0 Å². The fourth-order valence-corrected chi connectivity index (χ4v) is 2.38. The van der Waals surface area contributed by atoms with Gasteiger partial charge in [-0.2, -0.15) is 5.26 Å². The van der Waals surface area contributed by atoms with Gasteiger partial charge < -0.3 is 9.67 Å². The zero-order chi connectivity index (χ0) is 14.7. The first-order valence-electron chi connectivity index (χ1n) is 5.42. The Labute approximate surface area is 117 Å². The molecule has 0 bridgehead atoms. The highest BCUT2D eigenvalue weighted by Crippen LogP contribution is 2.34. The number of nitriles is 1. The number of rotatable bonds is 4. The molecule has 0 aliphatic carbocycles. The number of hydrogen-bond acceptors (Lipinski definition) is 7. The highest BCUT2D eigenvalue weighted by Gasteiger charge is 2.18. The summed E-state index contributed by atoms with van der Waals surface area (Å²) in [6.07, 6.45) is 0. The number of nitro groups is 1. The summed E-state index contributed by atoms with van der Waals surface area (Å²) < 4.78 is 1.55. The van der Waals surface area contributed by atoms with E-state index in [0.717, 1.165) is 11.8 Å². The van der Waals surface area contributed by atoms with Gasteiger partial charge in [0.25, 0.3) is 5.69 Å². The van der Waals surface area contributed by atoms with Crippen molar-refractivity contribution in [3.63, 3.8) is 0 Å². The predicted molar refractivity (Wildman–Crippen MR) is 68.9 cm³/mol. The van der Waals surface area contributed by atoms with E-state index in [-0.39, 0.29) is 17.9 Å². The van der Waals surface area contributed by atoms with E-state index in [1.165, 1.54) is 18.2 Å². The monoisotopic (exact) mass is 291 g/mol. The molecule has 0 fully saturated rings. The third kappa shape index (κ3) is 2.61. The van der Waals surface area contributed by atoms with Crippen molar-refractivity contribution in [2.45, 2.75) is 16.7 Å². The Morgan fingerprint density at radius 1 is 1.55 bits per heavy atom. The largest absolute Gasteiger partial charge is 0.388 e. The van der Waals surface area contributed by atoms with Crippen LogP contribution in [0.1, 0.15) is 11.4 Å². The fraction of sp³-hybridized carbons (Fsp3) is 0.182. The third-order valence-corrected chi connectivity index (χ3v) is 3.66. The zero-order valence-corrected chi connectivity index (χ0v) is 11.2. The number of aliphatic hydroxyl groups excluding tert-OH is 1. The van der Waals surface area contributed by atoms with Gasteiger partial charge in [-0.05, 0) is 23.9 Å². The van der Waals surface area contributed by atoms with Crippen LogP contribution in [0.25, 0.3) is 0 Å². The molecule has 1 aromatic carbocycles. The second-order valence-corrected chi connectivity index (χ2v) is 4.78. The first kappa shape index (κ1) is 14.0. The predicted octanol–water partition coefficient (Wildman–Crippen LogP) is 1.24.